The summed E-state index contributed by atoms with van der Waals surface area (Å²) in [7, 11) is -3.55. The van der Waals surface area contributed by atoms with E-state index in [1.54, 1.807) is 24.3 Å². The van der Waals surface area contributed by atoms with Crippen LogP contribution in [0.1, 0.15) is 30.2 Å². The lowest BCUT2D eigenvalue weighted by Crippen LogP contribution is -2.39. The van der Waals surface area contributed by atoms with E-state index in [2.05, 4.69) is 26.1 Å². The molecule has 0 aliphatic carbocycles. The molecule has 146 valence electrons. The predicted octanol–water partition coefficient (Wildman–Crippen LogP) is 4.38. The summed E-state index contributed by atoms with van der Waals surface area (Å²) in [6.07, 6.45) is 1.57. The zero-order valence-electron chi connectivity index (χ0n) is 15.4. The topological polar surface area (TPSA) is 76.3 Å². The first-order chi connectivity index (χ1) is 13.4. The molecule has 1 aliphatic rings. The lowest BCUT2D eigenvalue weighted by Gasteiger charge is -2.30. The molecule has 2 aromatic carbocycles. The van der Waals surface area contributed by atoms with Gasteiger partial charge in [-0.05, 0) is 50.1 Å². The fraction of sp³-hybridized carbons (Fsp3) is 0.300. The SMILES string of the molecule is Cc1cccc(-c2noc(C3CCCN(S(=O)(=O)c4ccc(Br)cc4)C3)n2)c1. The maximum absolute atomic E-state index is 13.0. The lowest BCUT2D eigenvalue weighted by atomic mass is 10.00. The van der Waals surface area contributed by atoms with Gasteiger partial charge in [0.2, 0.25) is 21.7 Å². The van der Waals surface area contributed by atoms with Gasteiger partial charge >= 0.3 is 0 Å². The molecule has 0 N–H and O–H groups in total. The highest BCUT2D eigenvalue weighted by Crippen LogP contribution is 2.31. The molecule has 8 heteroatoms. The fourth-order valence-electron chi connectivity index (χ4n) is 3.42. The summed E-state index contributed by atoms with van der Waals surface area (Å²) in [5.74, 6) is 0.920. The van der Waals surface area contributed by atoms with E-state index in [1.807, 2.05) is 31.2 Å². The summed E-state index contributed by atoms with van der Waals surface area (Å²) >= 11 is 3.34. The van der Waals surface area contributed by atoms with E-state index in [4.69, 9.17) is 4.52 Å². The van der Waals surface area contributed by atoms with Gasteiger partial charge in [0, 0.05) is 23.1 Å². The minimum absolute atomic E-state index is 0.106. The lowest BCUT2D eigenvalue weighted by molar-refractivity contribution is 0.265. The molecule has 1 saturated heterocycles. The minimum atomic E-state index is -3.55. The van der Waals surface area contributed by atoms with Crippen molar-refractivity contribution in [2.24, 2.45) is 0 Å². The van der Waals surface area contributed by atoms with Crippen LogP contribution in [0.25, 0.3) is 11.4 Å². The monoisotopic (exact) mass is 461 g/mol. The van der Waals surface area contributed by atoms with Gasteiger partial charge in [-0.15, -0.1) is 0 Å². The second kappa shape index (κ2) is 7.77. The maximum Gasteiger partial charge on any atom is 0.243 e. The zero-order chi connectivity index (χ0) is 19.7. The van der Waals surface area contributed by atoms with Crippen LogP contribution in [-0.2, 0) is 10.0 Å². The van der Waals surface area contributed by atoms with E-state index in [1.165, 1.54) is 4.31 Å². The number of hydrogen-bond donors (Lipinski definition) is 0. The van der Waals surface area contributed by atoms with Crippen molar-refractivity contribution in [3.63, 3.8) is 0 Å². The largest absolute Gasteiger partial charge is 0.339 e. The molecular formula is C20H20BrN3O3S. The predicted molar refractivity (Wildman–Crippen MR) is 109 cm³/mol. The Balaban J connectivity index is 1.55. The third-order valence-electron chi connectivity index (χ3n) is 4.90. The van der Waals surface area contributed by atoms with Crippen molar-refractivity contribution in [2.45, 2.75) is 30.6 Å². The van der Waals surface area contributed by atoms with Crippen molar-refractivity contribution in [3.8, 4) is 11.4 Å². The Bertz CT molecular complexity index is 1080. The summed E-state index contributed by atoms with van der Waals surface area (Å²) in [6.45, 7) is 2.85. The number of aryl methyl sites for hydroxylation is 1. The molecule has 3 aromatic rings. The summed E-state index contributed by atoms with van der Waals surface area (Å²) in [5.41, 5.74) is 2.01. The molecule has 0 spiro atoms. The van der Waals surface area contributed by atoms with Crippen molar-refractivity contribution >= 4 is 26.0 Å². The third-order valence-corrected chi connectivity index (χ3v) is 7.31. The standard InChI is InChI=1S/C20H20BrN3O3S/c1-14-4-2-5-15(12-14)19-22-20(27-23-19)16-6-3-11-24(13-16)28(25,26)18-9-7-17(21)8-10-18/h2,4-5,7-10,12,16H,3,6,11,13H2,1H3. The van der Waals surface area contributed by atoms with Crippen LogP contribution in [0, 0.1) is 6.92 Å². The van der Waals surface area contributed by atoms with Crippen molar-refractivity contribution < 1.29 is 12.9 Å². The number of piperidine rings is 1. The van der Waals surface area contributed by atoms with Gasteiger partial charge < -0.3 is 4.52 Å². The molecule has 0 amide bonds. The molecule has 0 saturated carbocycles. The summed E-state index contributed by atoms with van der Waals surface area (Å²) in [4.78, 5) is 4.83. The van der Waals surface area contributed by atoms with E-state index < -0.39 is 10.0 Å². The number of hydrogen-bond acceptors (Lipinski definition) is 5. The van der Waals surface area contributed by atoms with Crippen molar-refractivity contribution in [3.05, 3.63) is 64.5 Å². The van der Waals surface area contributed by atoms with E-state index in [0.717, 1.165) is 28.4 Å². The number of aromatic nitrogens is 2. The fourth-order valence-corrected chi connectivity index (χ4v) is 5.21. The first-order valence-corrected chi connectivity index (χ1v) is 11.3. The first kappa shape index (κ1) is 19.3. The van der Waals surface area contributed by atoms with Gasteiger partial charge in [-0.25, -0.2) is 8.42 Å². The molecule has 1 aliphatic heterocycles. The molecule has 0 bridgehead atoms. The molecule has 28 heavy (non-hydrogen) atoms. The van der Waals surface area contributed by atoms with E-state index >= 15 is 0 Å². The van der Waals surface area contributed by atoms with Gasteiger partial charge in [0.1, 0.15) is 0 Å². The van der Waals surface area contributed by atoms with Crippen LogP contribution < -0.4 is 0 Å². The Kier molecular flexibility index (Phi) is 5.35. The van der Waals surface area contributed by atoms with Crippen LogP contribution in [0.4, 0.5) is 0 Å². The smallest absolute Gasteiger partial charge is 0.243 e. The second-order valence-electron chi connectivity index (χ2n) is 6.98. The van der Waals surface area contributed by atoms with Gasteiger partial charge in [0.05, 0.1) is 10.8 Å². The first-order valence-electron chi connectivity index (χ1n) is 9.10. The van der Waals surface area contributed by atoms with Gasteiger partial charge in [-0.3, -0.25) is 0 Å². The number of halogens is 1. The highest BCUT2D eigenvalue weighted by atomic mass is 79.9. The highest BCUT2D eigenvalue weighted by molar-refractivity contribution is 9.10. The van der Waals surface area contributed by atoms with Gasteiger partial charge in [0.25, 0.3) is 0 Å². The number of sulfonamides is 1. The van der Waals surface area contributed by atoms with E-state index in [9.17, 15) is 8.42 Å². The van der Waals surface area contributed by atoms with Crippen LogP contribution in [0.5, 0.6) is 0 Å². The maximum atomic E-state index is 13.0. The molecule has 2 heterocycles. The zero-order valence-corrected chi connectivity index (χ0v) is 17.8. The summed E-state index contributed by atoms with van der Waals surface area (Å²) < 4.78 is 33.8. The molecule has 6 nitrogen and oxygen atoms in total. The van der Waals surface area contributed by atoms with E-state index in [0.29, 0.717) is 29.7 Å². The van der Waals surface area contributed by atoms with Gasteiger partial charge in [-0.2, -0.15) is 9.29 Å². The number of rotatable bonds is 4. The molecule has 1 atom stereocenters. The minimum Gasteiger partial charge on any atom is -0.339 e. The van der Waals surface area contributed by atoms with Crippen LogP contribution >= 0.6 is 15.9 Å². The van der Waals surface area contributed by atoms with Crippen LogP contribution in [0.15, 0.2) is 62.4 Å². The molecular weight excluding hydrogens is 442 g/mol. The Labute approximate surface area is 172 Å². The quantitative estimate of drug-likeness (QED) is 0.576. The van der Waals surface area contributed by atoms with Gasteiger partial charge in [-0.1, -0.05) is 44.8 Å². The summed E-state index contributed by atoms with van der Waals surface area (Å²) in [6, 6.07) is 14.6. The summed E-state index contributed by atoms with van der Waals surface area (Å²) in [5, 5.41) is 4.10. The molecule has 4 rings (SSSR count). The van der Waals surface area contributed by atoms with Gasteiger partial charge in [0.15, 0.2) is 0 Å². The molecule has 1 aromatic heterocycles. The van der Waals surface area contributed by atoms with E-state index in [-0.39, 0.29) is 5.92 Å². The number of benzene rings is 2. The van der Waals surface area contributed by atoms with Crippen molar-refractivity contribution in [1.82, 2.24) is 14.4 Å². The van der Waals surface area contributed by atoms with Crippen LogP contribution in [0.2, 0.25) is 0 Å². The Morgan fingerprint density at radius 2 is 1.96 bits per heavy atom. The molecule has 1 unspecified atom stereocenters. The highest BCUT2D eigenvalue weighted by Gasteiger charge is 2.33. The average Bonchev–Trinajstić information content (AvgIpc) is 3.19. The van der Waals surface area contributed by atoms with Crippen molar-refractivity contribution in [2.75, 3.05) is 13.1 Å². The normalized spacial score (nSPS) is 18.3. The van der Waals surface area contributed by atoms with Crippen molar-refractivity contribution in [1.29, 1.82) is 0 Å². The third kappa shape index (κ3) is 3.90. The Morgan fingerprint density at radius 3 is 2.71 bits per heavy atom. The Morgan fingerprint density at radius 1 is 1.18 bits per heavy atom. The van der Waals surface area contributed by atoms with Crippen LogP contribution in [0.3, 0.4) is 0 Å². The Hall–Kier alpha value is -2.03. The number of nitrogens with zero attached hydrogens (tertiary/aromatic N) is 3. The molecule has 1 fully saturated rings. The second-order valence-corrected chi connectivity index (χ2v) is 9.84. The average molecular weight is 462 g/mol. The van der Waals surface area contributed by atoms with Crippen LogP contribution in [-0.4, -0.2) is 36.0 Å². The molecule has 0 radical (unpaired) electrons.